The third kappa shape index (κ3) is 4.18. The summed E-state index contributed by atoms with van der Waals surface area (Å²) in [5.41, 5.74) is 3.20. The number of rotatable bonds is 4. The summed E-state index contributed by atoms with van der Waals surface area (Å²) < 4.78 is 0. The zero-order valence-corrected chi connectivity index (χ0v) is 12.4. The summed E-state index contributed by atoms with van der Waals surface area (Å²) >= 11 is 0. The van der Waals surface area contributed by atoms with Crippen molar-refractivity contribution >= 4 is 0 Å². The first-order valence-electron chi connectivity index (χ1n) is 6.95. The molecule has 1 unspecified atom stereocenters. The van der Waals surface area contributed by atoms with E-state index in [9.17, 15) is 0 Å². The summed E-state index contributed by atoms with van der Waals surface area (Å²) in [5, 5.41) is 0. The van der Waals surface area contributed by atoms with E-state index in [1.807, 2.05) is 0 Å². The van der Waals surface area contributed by atoms with Crippen molar-refractivity contribution in [3.8, 4) is 0 Å². The summed E-state index contributed by atoms with van der Waals surface area (Å²) in [6, 6.07) is 9.27. The summed E-state index contributed by atoms with van der Waals surface area (Å²) in [4.78, 5) is 0. The van der Waals surface area contributed by atoms with Crippen LogP contribution in [0.15, 0.2) is 24.3 Å². The first kappa shape index (κ1) is 14.3. The molecular formula is C17H28. The van der Waals surface area contributed by atoms with Gasteiger partial charge in [-0.3, -0.25) is 0 Å². The molecule has 0 aromatic heterocycles. The predicted octanol–water partition coefficient (Wildman–Crippen LogP) is 5.52. The van der Waals surface area contributed by atoms with E-state index in [1.165, 1.54) is 24.0 Å². The van der Waals surface area contributed by atoms with Crippen molar-refractivity contribution in [3.63, 3.8) is 0 Å². The molecule has 0 aliphatic rings. The van der Waals surface area contributed by atoms with Gasteiger partial charge in [-0.1, -0.05) is 65.8 Å². The largest absolute Gasteiger partial charge is 0.0648 e. The minimum Gasteiger partial charge on any atom is -0.0648 e. The van der Waals surface area contributed by atoms with Gasteiger partial charge in [0.15, 0.2) is 0 Å². The Labute approximate surface area is 107 Å². The van der Waals surface area contributed by atoms with Gasteiger partial charge in [0.05, 0.1) is 0 Å². The van der Waals surface area contributed by atoms with E-state index >= 15 is 0 Å². The molecule has 0 saturated carbocycles. The van der Waals surface area contributed by atoms with Crippen LogP contribution < -0.4 is 0 Å². The topological polar surface area (TPSA) is 0 Å². The highest BCUT2D eigenvalue weighted by Gasteiger charge is 2.15. The highest BCUT2D eigenvalue weighted by atomic mass is 14.2. The highest BCUT2D eigenvalue weighted by Crippen LogP contribution is 2.29. The fraction of sp³-hybridized carbons (Fsp3) is 0.647. The molecule has 0 N–H and O–H groups in total. The van der Waals surface area contributed by atoms with Crippen LogP contribution >= 0.6 is 0 Å². The Morgan fingerprint density at radius 3 is 1.88 bits per heavy atom. The molecule has 0 heterocycles. The lowest BCUT2D eigenvalue weighted by Crippen LogP contribution is -2.11. The zero-order valence-electron chi connectivity index (χ0n) is 12.4. The van der Waals surface area contributed by atoms with Crippen LogP contribution in [0.1, 0.15) is 71.4 Å². The fourth-order valence-electron chi connectivity index (χ4n) is 2.36. The average molecular weight is 232 g/mol. The standard InChI is InChI=1S/C17H28/c1-7-14(12-13(2)3)15-8-10-16(11-9-15)17(4,5)6/h8-11,13-14H,7,12H2,1-6H3. The van der Waals surface area contributed by atoms with Crippen molar-refractivity contribution in [3.05, 3.63) is 35.4 Å². The summed E-state index contributed by atoms with van der Waals surface area (Å²) in [6.45, 7) is 13.7. The van der Waals surface area contributed by atoms with Crippen LogP contribution in [0.2, 0.25) is 0 Å². The van der Waals surface area contributed by atoms with E-state index in [2.05, 4.69) is 65.8 Å². The second-order valence-corrected chi connectivity index (χ2v) is 6.61. The van der Waals surface area contributed by atoms with Crippen molar-refractivity contribution in [2.45, 2.75) is 65.7 Å². The molecule has 0 heteroatoms. The van der Waals surface area contributed by atoms with Gasteiger partial charge < -0.3 is 0 Å². The van der Waals surface area contributed by atoms with Crippen LogP contribution in [0, 0.1) is 5.92 Å². The van der Waals surface area contributed by atoms with Gasteiger partial charge in [0.2, 0.25) is 0 Å². The Balaban J connectivity index is 2.85. The van der Waals surface area contributed by atoms with E-state index in [0.717, 1.165) is 11.8 Å². The van der Waals surface area contributed by atoms with Gasteiger partial charge in [0.25, 0.3) is 0 Å². The van der Waals surface area contributed by atoms with Crippen LogP contribution in [-0.2, 0) is 5.41 Å². The van der Waals surface area contributed by atoms with Gasteiger partial charge in [-0.2, -0.15) is 0 Å². The van der Waals surface area contributed by atoms with Gasteiger partial charge in [0.1, 0.15) is 0 Å². The summed E-state index contributed by atoms with van der Waals surface area (Å²) in [6.07, 6.45) is 2.54. The molecule has 0 nitrogen and oxygen atoms in total. The number of benzene rings is 1. The van der Waals surface area contributed by atoms with Crippen molar-refractivity contribution in [1.82, 2.24) is 0 Å². The highest BCUT2D eigenvalue weighted by molar-refractivity contribution is 5.29. The van der Waals surface area contributed by atoms with Crippen LogP contribution in [0.4, 0.5) is 0 Å². The first-order chi connectivity index (χ1) is 7.84. The lowest BCUT2D eigenvalue weighted by atomic mass is 9.83. The van der Waals surface area contributed by atoms with Gasteiger partial charge in [-0.25, -0.2) is 0 Å². The van der Waals surface area contributed by atoms with E-state index in [0.29, 0.717) is 0 Å². The maximum absolute atomic E-state index is 2.33. The zero-order chi connectivity index (χ0) is 13.1. The monoisotopic (exact) mass is 232 g/mol. The van der Waals surface area contributed by atoms with E-state index < -0.39 is 0 Å². The molecule has 0 spiro atoms. The maximum Gasteiger partial charge on any atom is -0.0132 e. The second kappa shape index (κ2) is 5.71. The lowest BCUT2D eigenvalue weighted by molar-refractivity contribution is 0.489. The minimum atomic E-state index is 0.262. The molecule has 1 rings (SSSR count). The summed E-state index contributed by atoms with van der Waals surface area (Å²) in [7, 11) is 0. The smallest absolute Gasteiger partial charge is 0.0132 e. The summed E-state index contributed by atoms with van der Waals surface area (Å²) in [5.74, 6) is 1.51. The van der Waals surface area contributed by atoms with Gasteiger partial charge in [-0.15, -0.1) is 0 Å². The normalized spacial score (nSPS) is 14.1. The van der Waals surface area contributed by atoms with E-state index in [-0.39, 0.29) is 5.41 Å². The van der Waals surface area contributed by atoms with Crippen molar-refractivity contribution in [1.29, 1.82) is 0 Å². The molecule has 0 aliphatic carbocycles. The molecule has 0 fully saturated rings. The van der Waals surface area contributed by atoms with Crippen LogP contribution in [0.25, 0.3) is 0 Å². The van der Waals surface area contributed by atoms with Gasteiger partial charge >= 0.3 is 0 Å². The average Bonchev–Trinajstić information content (AvgIpc) is 2.24. The molecule has 0 saturated heterocycles. The third-order valence-electron chi connectivity index (χ3n) is 3.50. The van der Waals surface area contributed by atoms with Gasteiger partial charge in [-0.05, 0) is 41.2 Å². The van der Waals surface area contributed by atoms with Crippen LogP contribution in [0.5, 0.6) is 0 Å². The number of hydrogen-bond acceptors (Lipinski definition) is 0. The van der Waals surface area contributed by atoms with Gasteiger partial charge in [0, 0.05) is 0 Å². The molecule has 1 atom stereocenters. The molecular weight excluding hydrogens is 204 g/mol. The van der Waals surface area contributed by atoms with Crippen molar-refractivity contribution in [2.75, 3.05) is 0 Å². The molecule has 0 bridgehead atoms. The van der Waals surface area contributed by atoms with E-state index in [1.54, 1.807) is 0 Å². The molecule has 17 heavy (non-hydrogen) atoms. The predicted molar refractivity (Wildman–Crippen MR) is 77.6 cm³/mol. The van der Waals surface area contributed by atoms with E-state index in [4.69, 9.17) is 0 Å². The van der Waals surface area contributed by atoms with Crippen molar-refractivity contribution < 1.29 is 0 Å². The first-order valence-corrected chi connectivity index (χ1v) is 6.95. The van der Waals surface area contributed by atoms with Crippen molar-refractivity contribution in [2.24, 2.45) is 5.92 Å². The lowest BCUT2D eigenvalue weighted by Gasteiger charge is -2.22. The molecule has 1 aromatic rings. The molecule has 96 valence electrons. The molecule has 0 radical (unpaired) electrons. The Kier molecular flexibility index (Phi) is 4.80. The molecule has 1 aromatic carbocycles. The SMILES string of the molecule is CCC(CC(C)C)c1ccc(C(C)(C)C)cc1. The molecule has 0 amide bonds. The number of hydrogen-bond donors (Lipinski definition) is 0. The Hall–Kier alpha value is -0.780. The second-order valence-electron chi connectivity index (χ2n) is 6.61. The Morgan fingerprint density at radius 1 is 1.00 bits per heavy atom. The maximum atomic E-state index is 2.33. The quantitative estimate of drug-likeness (QED) is 0.641. The van der Waals surface area contributed by atoms with Crippen LogP contribution in [-0.4, -0.2) is 0 Å². The Bertz CT molecular complexity index is 324. The fourth-order valence-corrected chi connectivity index (χ4v) is 2.36. The minimum absolute atomic E-state index is 0.262. The third-order valence-corrected chi connectivity index (χ3v) is 3.50. The Morgan fingerprint density at radius 2 is 1.53 bits per heavy atom. The molecule has 0 aliphatic heterocycles. The van der Waals surface area contributed by atoms with Crippen LogP contribution in [0.3, 0.4) is 0 Å².